The van der Waals surface area contributed by atoms with Crippen LogP contribution in [0, 0.1) is 5.92 Å². The maximum atomic E-state index is 5.39. The van der Waals surface area contributed by atoms with E-state index in [0.29, 0.717) is 12.0 Å². The summed E-state index contributed by atoms with van der Waals surface area (Å²) in [5, 5.41) is 11.4. The highest BCUT2D eigenvalue weighted by molar-refractivity contribution is 9.10. The van der Waals surface area contributed by atoms with Gasteiger partial charge in [-0.2, -0.15) is 0 Å². The van der Waals surface area contributed by atoms with Crippen LogP contribution in [0.25, 0.3) is 0 Å². The van der Waals surface area contributed by atoms with Crippen molar-refractivity contribution >= 4 is 15.9 Å². The van der Waals surface area contributed by atoms with Gasteiger partial charge in [0.05, 0.1) is 11.7 Å². The van der Waals surface area contributed by atoms with Gasteiger partial charge in [0.2, 0.25) is 0 Å². The van der Waals surface area contributed by atoms with Crippen LogP contribution < -0.4 is 5.32 Å². The standard InChI is InChI=1S/C10H17BrN4O/c1-12-8(7-3-5-16-6-4-7)9-10(11)13-14-15(9)2/h7-8,12H,3-6H2,1-2H3. The maximum Gasteiger partial charge on any atom is 0.153 e. The molecule has 2 rings (SSSR count). The fraction of sp³-hybridized carbons (Fsp3) is 0.800. The Kier molecular flexibility index (Phi) is 3.94. The molecule has 1 aliphatic rings. The summed E-state index contributed by atoms with van der Waals surface area (Å²) in [6.45, 7) is 1.71. The molecule has 1 saturated heterocycles. The van der Waals surface area contributed by atoms with Crippen molar-refractivity contribution in [3.8, 4) is 0 Å². The molecule has 1 aromatic heterocycles. The number of aromatic nitrogens is 3. The van der Waals surface area contributed by atoms with Crippen molar-refractivity contribution in [2.45, 2.75) is 18.9 Å². The molecule has 0 spiro atoms. The molecule has 1 N–H and O–H groups in total. The average Bonchev–Trinajstić information content (AvgIpc) is 2.63. The molecule has 1 unspecified atom stereocenters. The summed E-state index contributed by atoms with van der Waals surface area (Å²) >= 11 is 3.46. The van der Waals surface area contributed by atoms with E-state index in [-0.39, 0.29) is 0 Å². The fourth-order valence-corrected chi connectivity index (χ4v) is 2.89. The Balaban J connectivity index is 2.21. The van der Waals surface area contributed by atoms with Crippen molar-refractivity contribution in [2.75, 3.05) is 20.3 Å². The van der Waals surface area contributed by atoms with Gasteiger partial charge in [-0.15, -0.1) is 5.10 Å². The third-order valence-corrected chi connectivity index (χ3v) is 3.73. The molecule has 0 saturated carbocycles. The molecule has 0 radical (unpaired) electrons. The minimum absolute atomic E-state index is 0.290. The van der Waals surface area contributed by atoms with Crippen molar-refractivity contribution in [1.82, 2.24) is 20.3 Å². The number of nitrogens with zero attached hydrogens (tertiary/aromatic N) is 3. The summed E-state index contributed by atoms with van der Waals surface area (Å²) in [6.07, 6.45) is 2.17. The Morgan fingerprint density at radius 2 is 2.19 bits per heavy atom. The van der Waals surface area contributed by atoms with Gasteiger partial charge in [-0.05, 0) is 41.7 Å². The van der Waals surface area contributed by atoms with Gasteiger partial charge >= 0.3 is 0 Å². The Labute approximate surface area is 104 Å². The summed E-state index contributed by atoms with van der Waals surface area (Å²) in [5.41, 5.74) is 1.12. The normalized spacial score (nSPS) is 19.9. The molecular formula is C10H17BrN4O. The van der Waals surface area contributed by atoms with Gasteiger partial charge in [0, 0.05) is 20.3 Å². The van der Waals surface area contributed by atoms with Crippen LogP contribution in [0.15, 0.2) is 4.60 Å². The molecule has 0 amide bonds. The number of aryl methyl sites for hydroxylation is 1. The fourth-order valence-electron chi connectivity index (χ4n) is 2.31. The number of hydrogen-bond donors (Lipinski definition) is 1. The van der Waals surface area contributed by atoms with E-state index in [9.17, 15) is 0 Å². The number of rotatable bonds is 3. The molecule has 0 bridgehead atoms. The highest BCUT2D eigenvalue weighted by Crippen LogP contribution is 2.32. The molecule has 0 aromatic carbocycles. The zero-order valence-corrected chi connectivity index (χ0v) is 11.2. The lowest BCUT2D eigenvalue weighted by Gasteiger charge is -2.30. The van der Waals surface area contributed by atoms with Crippen LogP contribution in [0.5, 0.6) is 0 Å². The maximum absolute atomic E-state index is 5.39. The first-order chi connectivity index (χ1) is 7.74. The number of ether oxygens (including phenoxy) is 1. The largest absolute Gasteiger partial charge is 0.381 e. The van der Waals surface area contributed by atoms with Crippen molar-refractivity contribution in [3.63, 3.8) is 0 Å². The minimum Gasteiger partial charge on any atom is -0.381 e. The minimum atomic E-state index is 0.290. The molecule has 1 atom stereocenters. The molecule has 90 valence electrons. The third kappa shape index (κ3) is 2.28. The lowest BCUT2D eigenvalue weighted by Crippen LogP contribution is -2.31. The lowest BCUT2D eigenvalue weighted by molar-refractivity contribution is 0.0535. The zero-order valence-electron chi connectivity index (χ0n) is 9.61. The quantitative estimate of drug-likeness (QED) is 0.910. The van der Waals surface area contributed by atoms with E-state index in [1.54, 1.807) is 0 Å². The smallest absolute Gasteiger partial charge is 0.153 e. The van der Waals surface area contributed by atoms with E-state index in [1.165, 1.54) is 0 Å². The predicted molar refractivity (Wildman–Crippen MR) is 64.0 cm³/mol. The number of nitrogens with one attached hydrogen (secondary N) is 1. The van der Waals surface area contributed by atoms with Gasteiger partial charge in [-0.3, -0.25) is 0 Å². The number of hydrogen-bond acceptors (Lipinski definition) is 4. The first-order valence-corrected chi connectivity index (χ1v) is 6.33. The highest BCUT2D eigenvalue weighted by Gasteiger charge is 2.28. The molecule has 6 heteroatoms. The molecule has 1 aliphatic heterocycles. The van der Waals surface area contributed by atoms with E-state index in [4.69, 9.17) is 4.74 Å². The summed E-state index contributed by atoms with van der Waals surface area (Å²) < 4.78 is 8.06. The first-order valence-electron chi connectivity index (χ1n) is 5.54. The topological polar surface area (TPSA) is 52.0 Å². The van der Waals surface area contributed by atoms with Crippen LogP contribution >= 0.6 is 15.9 Å². The van der Waals surface area contributed by atoms with Crippen molar-refractivity contribution in [3.05, 3.63) is 10.3 Å². The molecule has 1 fully saturated rings. The van der Waals surface area contributed by atoms with Gasteiger partial charge in [0.1, 0.15) is 0 Å². The van der Waals surface area contributed by atoms with Crippen LogP contribution in [-0.2, 0) is 11.8 Å². The van der Waals surface area contributed by atoms with Gasteiger partial charge in [0.15, 0.2) is 4.60 Å². The van der Waals surface area contributed by atoms with Crippen molar-refractivity contribution in [2.24, 2.45) is 13.0 Å². The Morgan fingerprint density at radius 1 is 1.50 bits per heavy atom. The summed E-state index contributed by atoms with van der Waals surface area (Å²) in [6, 6.07) is 0.290. The zero-order chi connectivity index (χ0) is 11.5. The second-order valence-electron chi connectivity index (χ2n) is 4.11. The van der Waals surface area contributed by atoms with E-state index in [1.807, 2.05) is 18.8 Å². The SMILES string of the molecule is CNC(c1c(Br)nnn1C)C1CCOCC1. The van der Waals surface area contributed by atoms with E-state index >= 15 is 0 Å². The van der Waals surface area contributed by atoms with Gasteiger partial charge in [-0.1, -0.05) is 5.21 Å². The van der Waals surface area contributed by atoms with Gasteiger partial charge in [0.25, 0.3) is 0 Å². The average molecular weight is 289 g/mol. The first kappa shape index (κ1) is 12.0. The predicted octanol–water partition coefficient (Wildman–Crippen LogP) is 1.26. The summed E-state index contributed by atoms with van der Waals surface area (Å²) in [4.78, 5) is 0. The summed E-state index contributed by atoms with van der Waals surface area (Å²) in [7, 11) is 3.91. The highest BCUT2D eigenvalue weighted by atomic mass is 79.9. The summed E-state index contributed by atoms with van der Waals surface area (Å²) in [5.74, 6) is 0.590. The molecule has 16 heavy (non-hydrogen) atoms. The monoisotopic (exact) mass is 288 g/mol. The van der Waals surface area contributed by atoms with Crippen LogP contribution in [0.3, 0.4) is 0 Å². The number of halogens is 1. The molecule has 1 aromatic rings. The molecule has 0 aliphatic carbocycles. The second kappa shape index (κ2) is 5.25. The van der Waals surface area contributed by atoms with Gasteiger partial charge in [-0.25, -0.2) is 4.68 Å². The van der Waals surface area contributed by atoms with Gasteiger partial charge < -0.3 is 10.1 Å². The van der Waals surface area contributed by atoms with Crippen LogP contribution in [0.4, 0.5) is 0 Å². The van der Waals surface area contributed by atoms with E-state index in [2.05, 4.69) is 31.6 Å². The van der Waals surface area contributed by atoms with Crippen LogP contribution in [0.1, 0.15) is 24.6 Å². The lowest BCUT2D eigenvalue weighted by atomic mass is 9.90. The molecular weight excluding hydrogens is 272 g/mol. The molecule has 2 heterocycles. The van der Waals surface area contributed by atoms with Crippen molar-refractivity contribution in [1.29, 1.82) is 0 Å². The Morgan fingerprint density at radius 3 is 2.69 bits per heavy atom. The second-order valence-corrected chi connectivity index (χ2v) is 4.86. The Hall–Kier alpha value is -0.460. The van der Waals surface area contributed by atoms with Crippen LogP contribution in [-0.4, -0.2) is 35.3 Å². The van der Waals surface area contributed by atoms with E-state index in [0.717, 1.165) is 36.4 Å². The third-order valence-electron chi connectivity index (χ3n) is 3.17. The van der Waals surface area contributed by atoms with Crippen LogP contribution in [0.2, 0.25) is 0 Å². The molecule has 5 nitrogen and oxygen atoms in total. The van der Waals surface area contributed by atoms with E-state index < -0.39 is 0 Å². The van der Waals surface area contributed by atoms with Crippen molar-refractivity contribution < 1.29 is 4.74 Å². The Bertz CT molecular complexity index is 329.